The second-order valence-electron chi connectivity index (χ2n) is 6.61. The molecule has 2 aromatic carbocycles. The molecule has 0 saturated heterocycles. The number of rotatable bonds is 5. The van der Waals surface area contributed by atoms with Crippen LogP contribution in [0.5, 0.6) is 17.2 Å². The van der Waals surface area contributed by atoms with E-state index in [0.29, 0.717) is 53.2 Å². The normalized spacial score (nSPS) is 12.2. The summed E-state index contributed by atoms with van der Waals surface area (Å²) < 4.78 is 22.0. The maximum atomic E-state index is 12.5. The van der Waals surface area contributed by atoms with Gasteiger partial charge in [-0.1, -0.05) is 0 Å². The predicted octanol–water partition coefficient (Wildman–Crippen LogP) is 3.35. The third-order valence-electron chi connectivity index (χ3n) is 4.57. The van der Waals surface area contributed by atoms with E-state index in [1.54, 1.807) is 55.6 Å². The smallest absolute Gasteiger partial charge is 0.257 e. The predicted molar refractivity (Wildman–Crippen MR) is 118 cm³/mol. The summed E-state index contributed by atoms with van der Waals surface area (Å²) in [5.74, 6) is 2.35. The number of fused-ring (bicyclic) bond motifs is 1. The van der Waals surface area contributed by atoms with Gasteiger partial charge in [0.2, 0.25) is 0 Å². The van der Waals surface area contributed by atoms with Crippen LogP contribution < -0.4 is 24.8 Å². The van der Waals surface area contributed by atoms with E-state index in [1.165, 1.54) is 0 Å². The molecule has 160 valence electrons. The first-order valence-corrected chi connectivity index (χ1v) is 9.88. The van der Waals surface area contributed by atoms with Gasteiger partial charge < -0.3 is 29.1 Å². The Balaban J connectivity index is 1.44. The summed E-state index contributed by atoms with van der Waals surface area (Å²) in [5.41, 5.74) is 1.75. The highest BCUT2D eigenvalue weighted by molar-refractivity contribution is 7.80. The number of nitrogens with one attached hydrogen (secondary N) is 2. The number of benzene rings is 2. The van der Waals surface area contributed by atoms with E-state index in [0.717, 1.165) is 5.56 Å². The Labute approximate surface area is 183 Å². The fourth-order valence-electron chi connectivity index (χ4n) is 3.10. The molecular weight excluding hydrogens is 420 g/mol. The van der Waals surface area contributed by atoms with Crippen LogP contribution in [-0.2, 0) is 6.61 Å². The topological polar surface area (TPSA) is 102 Å². The molecule has 1 aliphatic heterocycles. The molecular formula is C22H20N2O6S. The number of ether oxygens (including phenoxy) is 3. The average molecular weight is 440 g/mol. The highest BCUT2D eigenvalue weighted by Gasteiger charge is 2.16. The van der Waals surface area contributed by atoms with Crippen molar-refractivity contribution in [1.29, 1.82) is 0 Å². The van der Waals surface area contributed by atoms with Crippen molar-refractivity contribution >= 4 is 28.9 Å². The first-order valence-electron chi connectivity index (χ1n) is 9.47. The Morgan fingerprint density at radius 3 is 2.65 bits per heavy atom. The van der Waals surface area contributed by atoms with Crippen LogP contribution >= 0.6 is 12.2 Å². The number of hydrogen-bond donors (Lipinski definition) is 3. The number of aliphatic hydroxyl groups is 1. The minimum atomic E-state index is -0.370. The summed E-state index contributed by atoms with van der Waals surface area (Å²) in [6, 6.07) is 13.7. The van der Waals surface area contributed by atoms with E-state index < -0.39 is 0 Å². The molecule has 9 heteroatoms. The lowest BCUT2D eigenvalue weighted by molar-refractivity contribution is 0.0976. The van der Waals surface area contributed by atoms with Gasteiger partial charge >= 0.3 is 0 Å². The van der Waals surface area contributed by atoms with E-state index in [1.807, 2.05) is 0 Å². The van der Waals surface area contributed by atoms with E-state index in [4.69, 9.17) is 30.8 Å². The van der Waals surface area contributed by atoms with Crippen LogP contribution in [0.2, 0.25) is 0 Å². The molecule has 0 atom stereocenters. The third-order valence-corrected chi connectivity index (χ3v) is 4.78. The van der Waals surface area contributed by atoms with Gasteiger partial charge in [0.15, 0.2) is 16.6 Å². The Morgan fingerprint density at radius 2 is 1.90 bits per heavy atom. The summed E-state index contributed by atoms with van der Waals surface area (Å²) >= 11 is 5.27. The minimum absolute atomic E-state index is 0.134. The molecule has 0 unspecified atom stereocenters. The Morgan fingerprint density at radius 1 is 1.10 bits per heavy atom. The molecule has 3 aromatic rings. The van der Waals surface area contributed by atoms with Crippen molar-refractivity contribution in [1.82, 2.24) is 5.32 Å². The van der Waals surface area contributed by atoms with Gasteiger partial charge in [-0.25, -0.2) is 0 Å². The van der Waals surface area contributed by atoms with Gasteiger partial charge in [0.1, 0.15) is 37.1 Å². The summed E-state index contributed by atoms with van der Waals surface area (Å²) in [5, 5.41) is 14.9. The van der Waals surface area contributed by atoms with Gasteiger partial charge in [0.25, 0.3) is 5.91 Å². The fraction of sp³-hybridized carbons (Fsp3) is 0.182. The van der Waals surface area contributed by atoms with Crippen LogP contribution in [0.25, 0.3) is 11.3 Å². The number of carbonyl (C=O) groups is 1. The molecule has 31 heavy (non-hydrogen) atoms. The molecule has 0 fully saturated rings. The van der Waals surface area contributed by atoms with Gasteiger partial charge in [0, 0.05) is 17.3 Å². The van der Waals surface area contributed by atoms with Crippen molar-refractivity contribution in [2.45, 2.75) is 6.61 Å². The largest absolute Gasteiger partial charge is 0.496 e. The third kappa shape index (κ3) is 4.62. The molecule has 0 radical (unpaired) electrons. The van der Waals surface area contributed by atoms with Crippen LogP contribution in [0.3, 0.4) is 0 Å². The zero-order valence-electron chi connectivity index (χ0n) is 16.6. The zero-order valence-corrected chi connectivity index (χ0v) is 17.5. The van der Waals surface area contributed by atoms with Gasteiger partial charge in [-0.15, -0.1) is 0 Å². The van der Waals surface area contributed by atoms with Gasteiger partial charge in [-0.3, -0.25) is 10.1 Å². The molecule has 0 aliphatic carbocycles. The highest BCUT2D eigenvalue weighted by atomic mass is 32.1. The van der Waals surface area contributed by atoms with Crippen LogP contribution in [0.1, 0.15) is 16.1 Å². The van der Waals surface area contributed by atoms with Gasteiger partial charge in [-0.2, -0.15) is 0 Å². The Hall–Kier alpha value is -3.56. The van der Waals surface area contributed by atoms with Crippen LogP contribution in [0.15, 0.2) is 52.9 Å². The van der Waals surface area contributed by atoms with Crippen molar-refractivity contribution in [2.24, 2.45) is 0 Å². The summed E-state index contributed by atoms with van der Waals surface area (Å²) in [6.07, 6.45) is 0. The average Bonchev–Trinajstić information content (AvgIpc) is 3.27. The zero-order chi connectivity index (χ0) is 21.8. The Kier molecular flexibility index (Phi) is 6.06. The standard InChI is InChI=1S/C22H20N2O6S/c1-27-19-11-14(3-5-16(19)17-7-4-15(12-25)30-17)23-22(31)24-21(26)13-2-6-18-20(10-13)29-9-8-28-18/h2-7,10-11,25H,8-9,12H2,1H3,(H2,23,24,26,31). The van der Waals surface area contributed by atoms with Crippen LogP contribution in [-0.4, -0.2) is 36.4 Å². The molecule has 2 heterocycles. The summed E-state index contributed by atoms with van der Waals surface area (Å²) in [6.45, 7) is 0.742. The summed E-state index contributed by atoms with van der Waals surface area (Å²) in [7, 11) is 1.54. The number of furan rings is 1. The lowest BCUT2D eigenvalue weighted by Crippen LogP contribution is -2.34. The number of methoxy groups -OCH3 is 1. The lowest BCUT2D eigenvalue weighted by atomic mass is 10.1. The lowest BCUT2D eigenvalue weighted by Gasteiger charge is -2.18. The molecule has 0 bridgehead atoms. The molecule has 0 spiro atoms. The van der Waals surface area contributed by atoms with Crippen molar-refractivity contribution in [3.63, 3.8) is 0 Å². The maximum absolute atomic E-state index is 12.5. The summed E-state index contributed by atoms with van der Waals surface area (Å²) in [4.78, 5) is 12.5. The SMILES string of the molecule is COc1cc(NC(=S)NC(=O)c2ccc3c(c2)OCCO3)ccc1-c1ccc(CO)o1. The fourth-order valence-corrected chi connectivity index (χ4v) is 3.31. The Bertz CT molecular complexity index is 1130. The van der Waals surface area contributed by atoms with Crippen molar-refractivity contribution in [3.05, 3.63) is 59.9 Å². The molecule has 4 rings (SSSR count). The minimum Gasteiger partial charge on any atom is -0.496 e. The van der Waals surface area contributed by atoms with E-state index >= 15 is 0 Å². The molecule has 3 N–H and O–H groups in total. The number of aliphatic hydroxyl groups excluding tert-OH is 1. The van der Waals surface area contributed by atoms with Crippen molar-refractivity contribution in [2.75, 3.05) is 25.6 Å². The quantitative estimate of drug-likeness (QED) is 0.519. The molecule has 1 amide bonds. The van der Waals surface area contributed by atoms with Gasteiger partial charge in [0.05, 0.1) is 12.7 Å². The molecule has 1 aliphatic rings. The molecule has 0 saturated carbocycles. The number of amides is 1. The highest BCUT2D eigenvalue weighted by Crippen LogP contribution is 2.34. The molecule has 8 nitrogen and oxygen atoms in total. The van der Waals surface area contributed by atoms with Gasteiger partial charge in [-0.05, 0) is 54.7 Å². The van der Waals surface area contributed by atoms with Crippen LogP contribution in [0, 0.1) is 0 Å². The van der Waals surface area contributed by atoms with E-state index in [9.17, 15) is 9.90 Å². The first kappa shape index (κ1) is 20.7. The maximum Gasteiger partial charge on any atom is 0.257 e. The monoisotopic (exact) mass is 440 g/mol. The number of anilines is 1. The van der Waals surface area contributed by atoms with E-state index in [2.05, 4.69) is 10.6 Å². The second-order valence-corrected chi connectivity index (χ2v) is 7.01. The van der Waals surface area contributed by atoms with Crippen molar-refractivity contribution < 1.29 is 28.5 Å². The first-order chi connectivity index (χ1) is 15.1. The molecule has 1 aromatic heterocycles. The number of thiocarbonyl (C=S) groups is 1. The number of hydrogen-bond acceptors (Lipinski definition) is 7. The van der Waals surface area contributed by atoms with Crippen molar-refractivity contribution in [3.8, 4) is 28.6 Å². The van der Waals surface area contributed by atoms with Crippen LogP contribution in [0.4, 0.5) is 5.69 Å². The second kappa shape index (κ2) is 9.07. The van der Waals surface area contributed by atoms with E-state index in [-0.39, 0.29) is 17.6 Å². The number of carbonyl (C=O) groups excluding carboxylic acids is 1.